The Morgan fingerprint density at radius 3 is 2.94 bits per heavy atom. The highest BCUT2D eigenvalue weighted by Crippen LogP contribution is 2.15. The molecular weight excluding hydrogens is 207 g/mol. The quantitative estimate of drug-likeness (QED) is 0.801. The molecule has 0 saturated carbocycles. The van der Waals surface area contributed by atoms with E-state index in [0.29, 0.717) is 5.69 Å². The standard InChI is InChI=1S/C12H15FN2O/c1-8-5-9(13)7-10(6-8)15-12(16)11-3-2-4-14-11/h5-7,11,14H,2-4H2,1H3,(H,15,16)/t11-/m1/s1. The lowest BCUT2D eigenvalue weighted by atomic mass is 10.2. The summed E-state index contributed by atoms with van der Waals surface area (Å²) in [5.41, 5.74) is 1.32. The minimum atomic E-state index is -0.324. The van der Waals surface area contributed by atoms with E-state index in [1.54, 1.807) is 13.0 Å². The second kappa shape index (κ2) is 4.61. The van der Waals surface area contributed by atoms with Gasteiger partial charge in [0, 0.05) is 5.69 Å². The van der Waals surface area contributed by atoms with Gasteiger partial charge in [-0.1, -0.05) is 0 Å². The van der Waals surface area contributed by atoms with Crippen LogP contribution in [-0.4, -0.2) is 18.5 Å². The van der Waals surface area contributed by atoms with Crippen LogP contribution >= 0.6 is 0 Å². The Kier molecular flexibility index (Phi) is 3.19. The fraction of sp³-hybridized carbons (Fsp3) is 0.417. The van der Waals surface area contributed by atoms with E-state index in [2.05, 4.69) is 10.6 Å². The largest absolute Gasteiger partial charge is 0.325 e. The molecule has 1 fully saturated rings. The Morgan fingerprint density at radius 2 is 2.31 bits per heavy atom. The van der Waals surface area contributed by atoms with Crippen LogP contribution in [0.25, 0.3) is 0 Å². The van der Waals surface area contributed by atoms with E-state index in [4.69, 9.17) is 0 Å². The lowest BCUT2D eigenvalue weighted by Crippen LogP contribution is -2.35. The van der Waals surface area contributed by atoms with Crippen molar-refractivity contribution in [3.8, 4) is 0 Å². The molecule has 1 aliphatic heterocycles. The molecule has 0 aliphatic carbocycles. The van der Waals surface area contributed by atoms with Gasteiger partial charge in [0.05, 0.1) is 6.04 Å². The van der Waals surface area contributed by atoms with Crippen LogP contribution in [0.15, 0.2) is 18.2 Å². The minimum absolute atomic E-state index is 0.0810. The molecular formula is C12H15FN2O. The predicted molar refractivity (Wildman–Crippen MR) is 60.8 cm³/mol. The zero-order valence-corrected chi connectivity index (χ0v) is 9.22. The summed E-state index contributed by atoms with van der Waals surface area (Å²) in [4.78, 5) is 11.7. The average molecular weight is 222 g/mol. The predicted octanol–water partition coefficient (Wildman–Crippen LogP) is 1.82. The van der Waals surface area contributed by atoms with Crippen molar-refractivity contribution in [3.63, 3.8) is 0 Å². The average Bonchev–Trinajstić information content (AvgIpc) is 2.68. The van der Waals surface area contributed by atoms with E-state index in [0.717, 1.165) is 24.9 Å². The van der Waals surface area contributed by atoms with Gasteiger partial charge in [-0.3, -0.25) is 4.79 Å². The van der Waals surface area contributed by atoms with E-state index in [1.807, 2.05) is 0 Å². The maximum absolute atomic E-state index is 13.1. The van der Waals surface area contributed by atoms with Crippen molar-refractivity contribution in [2.24, 2.45) is 0 Å². The zero-order valence-electron chi connectivity index (χ0n) is 9.22. The number of carbonyl (C=O) groups is 1. The molecule has 1 aromatic carbocycles. The van der Waals surface area contributed by atoms with Crippen molar-refractivity contribution in [1.29, 1.82) is 0 Å². The van der Waals surface area contributed by atoms with Gasteiger partial charge in [0.2, 0.25) is 5.91 Å². The van der Waals surface area contributed by atoms with Crippen molar-refractivity contribution in [2.45, 2.75) is 25.8 Å². The molecule has 86 valence electrons. The molecule has 2 N–H and O–H groups in total. The molecule has 4 heteroatoms. The van der Waals surface area contributed by atoms with Crippen LogP contribution < -0.4 is 10.6 Å². The summed E-state index contributed by atoms with van der Waals surface area (Å²) in [6, 6.07) is 4.39. The summed E-state index contributed by atoms with van der Waals surface area (Å²) >= 11 is 0. The normalized spacial score (nSPS) is 19.8. The number of benzene rings is 1. The van der Waals surface area contributed by atoms with Crippen molar-refractivity contribution >= 4 is 11.6 Å². The number of rotatable bonds is 2. The first-order chi connectivity index (χ1) is 7.65. The van der Waals surface area contributed by atoms with Crippen LogP contribution in [0.2, 0.25) is 0 Å². The Bertz CT molecular complexity index is 380. The Labute approximate surface area is 94.0 Å². The first-order valence-electron chi connectivity index (χ1n) is 5.46. The van der Waals surface area contributed by atoms with Gasteiger partial charge in [-0.05, 0) is 50.1 Å². The molecule has 1 heterocycles. The third-order valence-electron chi connectivity index (χ3n) is 2.69. The van der Waals surface area contributed by atoms with Crippen molar-refractivity contribution < 1.29 is 9.18 Å². The molecule has 0 radical (unpaired) electrons. The van der Waals surface area contributed by atoms with Gasteiger partial charge in [-0.15, -0.1) is 0 Å². The number of carbonyl (C=O) groups excluding carboxylic acids is 1. The molecule has 0 unspecified atom stereocenters. The topological polar surface area (TPSA) is 41.1 Å². The molecule has 0 bridgehead atoms. The maximum Gasteiger partial charge on any atom is 0.241 e. The first-order valence-corrected chi connectivity index (χ1v) is 5.46. The maximum atomic E-state index is 13.1. The summed E-state index contributed by atoms with van der Waals surface area (Å²) in [5, 5.41) is 5.82. The van der Waals surface area contributed by atoms with E-state index in [1.165, 1.54) is 12.1 Å². The van der Waals surface area contributed by atoms with Crippen LogP contribution in [0, 0.1) is 12.7 Å². The zero-order chi connectivity index (χ0) is 11.5. The summed E-state index contributed by atoms with van der Waals surface area (Å²) < 4.78 is 13.1. The van der Waals surface area contributed by atoms with E-state index >= 15 is 0 Å². The number of aryl methyl sites for hydroxylation is 1. The Balaban J connectivity index is 2.05. The molecule has 1 amide bonds. The second-order valence-corrected chi connectivity index (χ2v) is 4.16. The minimum Gasteiger partial charge on any atom is -0.325 e. The number of hydrogen-bond donors (Lipinski definition) is 2. The van der Waals surface area contributed by atoms with Gasteiger partial charge in [-0.25, -0.2) is 4.39 Å². The summed E-state index contributed by atoms with van der Waals surface area (Å²) in [7, 11) is 0. The van der Waals surface area contributed by atoms with Gasteiger partial charge in [0.25, 0.3) is 0 Å². The highest BCUT2D eigenvalue weighted by molar-refractivity contribution is 5.95. The molecule has 3 nitrogen and oxygen atoms in total. The van der Waals surface area contributed by atoms with Crippen LogP contribution in [-0.2, 0) is 4.79 Å². The highest BCUT2D eigenvalue weighted by atomic mass is 19.1. The van der Waals surface area contributed by atoms with Gasteiger partial charge < -0.3 is 10.6 Å². The third-order valence-corrected chi connectivity index (χ3v) is 2.69. The van der Waals surface area contributed by atoms with E-state index in [-0.39, 0.29) is 17.8 Å². The molecule has 16 heavy (non-hydrogen) atoms. The fourth-order valence-electron chi connectivity index (χ4n) is 1.95. The number of nitrogens with one attached hydrogen (secondary N) is 2. The molecule has 1 aromatic rings. The number of amides is 1. The molecule has 1 saturated heterocycles. The van der Waals surface area contributed by atoms with Crippen molar-refractivity contribution in [2.75, 3.05) is 11.9 Å². The fourth-order valence-corrected chi connectivity index (χ4v) is 1.95. The smallest absolute Gasteiger partial charge is 0.241 e. The first kappa shape index (κ1) is 11.1. The summed E-state index contributed by atoms with van der Waals surface area (Å²) in [6.07, 6.45) is 1.86. The molecule has 0 spiro atoms. The molecule has 2 rings (SSSR count). The third kappa shape index (κ3) is 2.58. The monoisotopic (exact) mass is 222 g/mol. The van der Waals surface area contributed by atoms with Gasteiger partial charge in [-0.2, -0.15) is 0 Å². The van der Waals surface area contributed by atoms with E-state index < -0.39 is 0 Å². The Morgan fingerprint density at radius 1 is 1.50 bits per heavy atom. The highest BCUT2D eigenvalue weighted by Gasteiger charge is 2.21. The van der Waals surface area contributed by atoms with Gasteiger partial charge in [0.15, 0.2) is 0 Å². The Hall–Kier alpha value is -1.42. The molecule has 0 aromatic heterocycles. The van der Waals surface area contributed by atoms with Gasteiger partial charge >= 0.3 is 0 Å². The van der Waals surface area contributed by atoms with Crippen LogP contribution in [0.5, 0.6) is 0 Å². The SMILES string of the molecule is Cc1cc(F)cc(NC(=O)[C@H]2CCCN2)c1. The van der Waals surface area contributed by atoms with Crippen molar-refractivity contribution in [1.82, 2.24) is 5.32 Å². The lowest BCUT2D eigenvalue weighted by molar-refractivity contribution is -0.117. The molecule has 1 aliphatic rings. The van der Waals surface area contributed by atoms with Gasteiger partial charge in [0.1, 0.15) is 5.82 Å². The van der Waals surface area contributed by atoms with E-state index in [9.17, 15) is 9.18 Å². The summed E-state index contributed by atoms with van der Waals surface area (Å²) in [6.45, 7) is 2.67. The van der Waals surface area contributed by atoms with Crippen LogP contribution in [0.1, 0.15) is 18.4 Å². The molecule has 1 atom stereocenters. The van der Waals surface area contributed by atoms with Crippen LogP contribution in [0.4, 0.5) is 10.1 Å². The lowest BCUT2D eigenvalue weighted by Gasteiger charge is -2.11. The summed E-state index contributed by atoms with van der Waals surface area (Å²) in [5.74, 6) is -0.405. The second-order valence-electron chi connectivity index (χ2n) is 4.16. The van der Waals surface area contributed by atoms with Crippen molar-refractivity contribution in [3.05, 3.63) is 29.6 Å². The van der Waals surface area contributed by atoms with Crippen LogP contribution in [0.3, 0.4) is 0 Å². The number of anilines is 1. The number of hydrogen-bond acceptors (Lipinski definition) is 2. The number of halogens is 1.